The van der Waals surface area contributed by atoms with E-state index >= 15 is 0 Å². The molecule has 5 aromatic rings. The number of halogens is 1. The van der Waals surface area contributed by atoms with Crippen LogP contribution in [-0.4, -0.2) is 73.6 Å². The highest BCUT2D eigenvalue weighted by Crippen LogP contribution is 2.52. The number of benzene rings is 2. The van der Waals surface area contributed by atoms with Crippen LogP contribution in [0.1, 0.15) is 11.1 Å². The van der Waals surface area contributed by atoms with Gasteiger partial charge in [0.1, 0.15) is 10.7 Å². The van der Waals surface area contributed by atoms with E-state index in [1.165, 1.54) is 54.7 Å². The van der Waals surface area contributed by atoms with Gasteiger partial charge in [-0.2, -0.15) is 4.31 Å². The van der Waals surface area contributed by atoms with Crippen LogP contribution in [0.4, 0.5) is 16.3 Å². The standard InChI is InChI=1S/C33H27ClN6O6S/c1-45-30-24(9-6-16-37-30)33(46-32(42)39-19-17-38(18-20-39)28-11-2-3-14-35-28)25-21-23(34)12-13-26(25)40(31(33)41)47(43,44)27-10-4-7-22-8-5-15-36-29(22)27/h2-16,21H,17-20H2,1H3. The largest absolute Gasteiger partial charge is 0.481 e. The van der Waals surface area contributed by atoms with Gasteiger partial charge in [0.05, 0.1) is 23.9 Å². The Morgan fingerprint density at radius 2 is 1.60 bits per heavy atom. The molecule has 2 aliphatic heterocycles. The predicted octanol–water partition coefficient (Wildman–Crippen LogP) is 4.62. The third-order valence-electron chi connectivity index (χ3n) is 8.25. The molecule has 1 fully saturated rings. The van der Waals surface area contributed by atoms with Crippen LogP contribution in [0.25, 0.3) is 10.9 Å². The maximum absolute atomic E-state index is 15.0. The Morgan fingerprint density at radius 1 is 0.851 bits per heavy atom. The van der Waals surface area contributed by atoms with E-state index in [1.807, 2.05) is 23.1 Å². The van der Waals surface area contributed by atoms with Crippen molar-refractivity contribution in [3.8, 4) is 5.88 Å². The smallest absolute Gasteiger partial charge is 0.411 e. The second kappa shape index (κ2) is 11.8. The zero-order valence-electron chi connectivity index (χ0n) is 25.0. The second-order valence-electron chi connectivity index (χ2n) is 10.8. The number of piperazine rings is 1. The lowest BCUT2D eigenvalue weighted by Gasteiger charge is -2.37. The minimum absolute atomic E-state index is 0.0326. The number of nitrogens with zero attached hydrogens (tertiary/aromatic N) is 6. The Kier molecular flexibility index (Phi) is 7.65. The maximum Gasteiger partial charge on any atom is 0.411 e. The summed E-state index contributed by atoms with van der Waals surface area (Å²) in [5.74, 6) is -0.324. The van der Waals surface area contributed by atoms with Gasteiger partial charge in [0.25, 0.3) is 21.5 Å². The van der Waals surface area contributed by atoms with E-state index < -0.39 is 27.6 Å². The van der Waals surface area contributed by atoms with E-state index in [0.29, 0.717) is 22.8 Å². The van der Waals surface area contributed by atoms with Gasteiger partial charge in [0, 0.05) is 60.7 Å². The minimum Gasteiger partial charge on any atom is -0.481 e. The SMILES string of the molecule is COc1ncccc1C1(OC(=O)N2CCN(c3ccccn3)CC2)C(=O)N(S(=O)(=O)c2cccc3cccnc23)c2ccc(Cl)cc21. The molecule has 2 aromatic carbocycles. The molecule has 0 N–H and O–H groups in total. The molecule has 0 aliphatic carbocycles. The molecule has 2 amide bonds. The molecule has 0 radical (unpaired) electrons. The van der Waals surface area contributed by atoms with Crippen molar-refractivity contribution in [1.29, 1.82) is 0 Å². The first-order valence-electron chi connectivity index (χ1n) is 14.6. The number of rotatable bonds is 6. The lowest BCUT2D eigenvalue weighted by molar-refractivity contribution is -0.132. The van der Waals surface area contributed by atoms with Crippen molar-refractivity contribution >= 4 is 56.0 Å². The summed E-state index contributed by atoms with van der Waals surface area (Å²) in [4.78, 5) is 45.3. The highest BCUT2D eigenvalue weighted by molar-refractivity contribution is 7.93. The number of sulfonamides is 1. The Hall–Kier alpha value is -5.27. The van der Waals surface area contributed by atoms with E-state index in [0.717, 1.165) is 5.82 Å². The van der Waals surface area contributed by atoms with Crippen LogP contribution >= 0.6 is 11.6 Å². The van der Waals surface area contributed by atoms with Crippen molar-refractivity contribution in [2.45, 2.75) is 10.5 Å². The number of para-hydroxylation sites is 1. The van der Waals surface area contributed by atoms with Gasteiger partial charge in [-0.15, -0.1) is 0 Å². The van der Waals surface area contributed by atoms with Crippen LogP contribution in [0.15, 0.2) is 102 Å². The molecule has 0 bridgehead atoms. The van der Waals surface area contributed by atoms with Gasteiger partial charge in [0.15, 0.2) is 0 Å². The second-order valence-corrected chi connectivity index (χ2v) is 13.0. The summed E-state index contributed by atoms with van der Waals surface area (Å²) in [6, 6.07) is 21.0. The first-order chi connectivity index (χ1) is 22.8. The Labute approximate surface area is 275 Å². The molecule has 3 aromatic heterocycles. The van der Waals surface area contributed by atoms with Crippen molar-refractivity contribution in [3.63, 3.8) is 0 Å². The van der Waals surface area contributed by atoms with Crippen LogP contribution in [0.3, 0.4) is 0 Å². The molecule has 0 saturated carbocycles. The molecule has 1 saturated heterocycles. The molecule has 238 valence electrons. The lowest BCUT2D eigenvalue weighted by Crippen LogP contribution is -2.53. The van der Waals surface area contributed by atoms with Crippen LogP contribution in [-0.2, 0) is 25.2 Å². The number of amides is 2. The summed E-state index contributed by atoms with van der Waals surface area (Å²) >= 11 is 6.48. The number of hydrogen-bond donors (Lipinski definition) is 0. The Morgan fingerprint density at radius 3 is 2.36 bits per heavy atom. The molecule has 1 unspecified atom stereocenters. The van der Waals surface area contributed by atoms with Crippen LogP contribution in [0.2, 0.25) is 5.02 Å². The maximum atomic E-state index is 15.0. The predicted molar refractivity (Wildman–Crippen MR) is 174 cm³/mol. The van der Waals surface area contributed by atoms with E-state index in [4.69, 9.17) is 21.1 Å². The van der Waals surface area contributed by atoms with Crippen molar-refractivity contribution in [1.82, 2.24) is 19.9 Å². The fourth-order valence-corrected chi connectivity index (χ4v) is 7.85. The molecule has 2 aliphatic rings. The van der Waals surface area contributed by atoms with Gasteiger partial charge >= 0.3 is 6.09 Å². The van der Waals surface area contributed by atoms with E-state index in [1.54, 1.807) is 36.5 Å². The topological polar surface area (TPSA) is 135 Å². The monoisotopic (exact) mass is 670 g/mol. The van der Waals surface area contributed by atoms with Gasteiger partial charge in [0.2, 0.25) is 5.88 Å². The average molecular weight is 671 g/mol. The van der Waals surface area contributed by atoms with Crippen LogP contribution in [0, 0.1) is 0 Å². The molecule has 5 heterocycles. The zero-order valence-corrected chi connectivity index (χ0v) is 26.6. The number of ether oxygens (including phenoxy) is 2. The van der Waals surface area contributed by atoms with E-state index in [2.05, 4.69) is 15.0 Å². The highest BCUT2D eigenvalue weighted by atomic mass is 35.5. The molecule has 14 heteroatoms. The minimum atomic E-state index is -4.64. The molecule has 1 atom stereocenters. The van der Waals surface area contributed by atoms with Crippen molar-refractivity contribution in [3.05, 3.63) is 114 Å². The molecule has 0 spiro atoms. The molecule has 7 rings (SSSR count). The van der Waals surface area contributed by atoms with Gasteiger partial charge in [-0.3, -0.25) is 9.78 Å². The van der Waals surface area contributed by atoms with Crippen LogP contribution < -0.4 is 13.9 Å². The molecular formula is C33H27ClN6O6S. The number of pyridine rings is 3. The summed E-state index contributed by atoms with van der Waals surface area (Å²) in [6.07, 6.45) is 3.79. The first-order valence-corrected chi connectivity index (χ1v) is 16.4. The van der Waals surface area contributed by atoms with Gasteiger partial charge in [-0.05, 0) is 54.6 Å². The Balaban J connectivity index is 1.35. The zero-order chi connectivity index (χ0) is 32.8. The number of carbonyl (C=O) groups excluding carboxylic acids is 2. The van der Waals surface area contributed by atoms with Gasteiger partial charge in [-0.25, -0.2) is 23.2 Å². The highest BCUT2D eigenvalue weighted by Gasteiger charge is 2.61. The number of fused-ring (bicyclic) bond motifs is 2. The number of methoxy groups -OCH3 is 1. The fraction of sp³-hybridized carbons (Fsp3) is 0.182. The summed E-state index contributed by atoms with van der Waals surface area (Å²) in [6.45, 7) is 1.44. The molecule has 12 nitrogen and oxygen atoms in total. The molecular weight excluding hydrogens is 644 g/mol. The van der Waals surface area contributed by atoms with Crippen molar-refractivity contribution in [2.75, 3.05) is 42.5 Å². The number of anilines is 2. The average Bonchev–Trinajstić information content (AvgIpc) is 3.35. The number of aromatic nitrogens is 3. The first kappa shape index (κ1) is 30.4. The van der Waals surface area contributed by atoms with Crippen molar-refractivity contribution in [2.24, 2.45) is 0 Å². The van der Waals surface area contributed by atoms with E-state index in [9.17, 15) is 18.0 Å². The lowest BCUT2D eigenvalue weighted by atomic mass is 9.87. The van der Waals surface area contributed by atoms with Crippen LogP contribution in [0.5, 0.6) is 5.88 Å². The fourth-order valence-electron chi connectivity index (χ4n) is 6.05. The molecule has 47 heavy (non-hydrogen) atoms. The number of carbonyl (C=O) groups is 2. The van der Waals surface area contributed by atoms with Crippen molar-refractivity contribution < 1.29 is 27.5 Å². The van der Waals surface area contributed by atoms with Gasteiger partial charge < -0.3 is 19.3 Å². The third kappa shape index (κ3) is 4.98. The third-order valence-corrected chi connectivity index (χ3v) is 10.2. The quantitative estimate of drug-likeness (QED) is 0.252. The summed E-state index contributed by atoms with van der Waals surface area (Å²) in [5, 5.41) is 0.753. The van der Waals surface area contributed by atoms with E-state index in [-0.39, 0.29) is 51.2 Å². The summed E-state index contributed by atoms with van der Waals surface area (Å²) < 4.78 is 41.6. The summed E-state index contributed by atoms with van der Waals surface area (Å²) in [5.41, 5.74) is -2.12. The summed E-state index contributed by atoms with van der Waals surface area (Å²) in [7, 11) is -3.29. The Bertz CT molecular complexity index is 2120. The normalized spacial score (nSPS) is 17.9. The number of hydrogen-bond acceptors (Lipinski definition) is 10. The van der Waals surface area contributed by atoms with Gasteiger partial charge in [-0.1, -0.05) is 35.9 Å².